The fourth-order valence-corrected chi connectivity index (χ4v) is 0.0680. The molecule has 0 aliphatic rings. The number of aliphatic hydroxyl groups excluding tert-OH is 1. The maximum absolute atomic E-state index is 8.18. The summed E-state index contributed by atoms with van der Waals surface area (Å²) in [5, 5.41) is 8.18. The quantitative estimate of drug-likeness (QED) is 0.443. The summed E-state index contributed by atoms with van der Waals surface area (Å²) in [6, 6.07) is 0. The molecule has 0 aromatic heterocycles. The van der Waals surface area contributed by atoms with Gasteiger partial charge in [-0.15, -0.1) is 0 Å². The minimum Gasteiger partial charge on any atom is -0.480 e. The van der Waals surface area contributed by atoms with Crippen molar-refractivity contribution in [3.63, 3.8) is 0 Å². The third-order valence-corrected chi connectivity index (χ3v) is 0.352. The molecular formula is C3H7NO2. The number of hydrogen-bond acceptors (Lipinski definition) is 3. The Morgan fingerprint density at radius 1 is 2.00 bits per heavy atom. The van der Waals surface area contributed by atoms with Gasteiger partial charge in [-0.1, -0.05) is 0 Å². The van der Waals surface area contributed by atoms with Crippen molar-refractivity contribution in [1.82, 2.24) is 0 Å². The van der Waals surface area contributed by atoms with Crippen LogP contribution in [0.4, 0.5) is 0 Å². The molecule has 0 radical (unpaired) electrons. The van der Waals surface area contributed by atoms with E-state index >= 15 is 0 Å². The first-order valence-electron chi connectivity index (χ1n) is 1.46. The van der Waals surface area contributed by atoms with E-state index in [1.54, 1.807) is 0 Å². The summed E-state index contributed by atoms with van der Waals surface area (Å²) in [6.07, 6.45) is 0.972. The van der Waals surface area contributed by atoms with Gasteiger partial charge in [-0.2, -0.15) is 0 Å². The Morgan fingerprint density at radius 2 is 2.50 bits per heavy atom. The lowest BCUT2D eigenvalue weighted by Gasteiger charge is -1.89. The van der Waals surface area contributed by atoms with Crippen molar-refractivity contribution in [2.75, 3.05) is 7.11 Å². The highest BCUT2D eigenvalue weighted by Crippen LogP contribution is 1.78. The fourth-order valence-electron chi connectivity index (χ4n) is 0.0680. The summed E-state index contributed by atoms with van der Waals surface area (Å²) >= 11 is 0. The van der Waals surface area contributed by atoms with Crippen LogP contribution < -0.4 is 5.73 Å². The van der Waals surface area contributed by atoms with Gasteiger partial charge in [0.2, 0.25) is 0 Å². The van der Waals surface area contributed by atoms with Crippen LogP contribution in [-0.4, -0.2) is 12.2 Å². The molecule has 0 fully saturated rings. The minimum atomic E-state index is -0.255. The van der Waals surface area contributed by atoms with Gasteiger partial charge in [0.15, 0.2) is 0 Å². The largest absolute Gasteiger partial charge is 0.480 e. The molecule has 0 rings (SSSR count). The van der Waals surface area contributed by atoms with Crippen molar-refractivity contribution in [2.24, 2.45) is 5.73 Å². The zero-order chi connectivity index (χ0) is 4.99. The third-order valence-electron chi connectivity index (χ3n) is 0.352. The second kappa shape index (κ2) is 2.38. The van der Waals surface area contributed by atoms with Gasteiger partial charge in [-0.3, -0.25) is 0 Å². The molecule has 0 saturated heterocycles. The highest BCUT2D eigenvalue weighted by molar-refractivity contribution is 4.72. The first kappa shape index (κ1) is 5.14. The summed E-state index contributed by atoms with van der Waals surface area (Å²) < 4.78 is 4.19. The molecule has 3 heteroatoms. The van der Waals surface area contributed by atoms with E-state index in [-0.39, 0.29) is 5.95 Å². The molecule has 6 heavy (non-hydrogen) atoms. The van der Waals surface area contributed by atoms with Gasteiger partial charge in [0.25, 0.3) is 5.95 Å². The summed E-state index contributed by atoms with van der Waals surface area (Å²) in [5.74, 6) is -0.255. The van der Waals surface area contributed by atoms with Crippen molar-refractivity contribution in [2.45, 2.75) is 0 Å². The van der Waals surface area contributed by atoms with Gasteiger partial charge < -0.3 is 15.6 Å². The predicted molar refractivity (Wildman–Crippen MR) is 21.9 cm³/mol. The molecule has 0 aromatic rings. The minimum absolute atomic E-state index is 0.255. The average Bonchev–Trinajstić information content (AvgIpc) is 1.65. The number of methoxy groups -OCH3 is 1. The van der Waals surface area contributed by atoms with E-state index in [1.807, 2.05) is 0 Å². The highest BCUT2D eigenvalue weighted by atomic mass is 16.6. The van der Waals surface area contributed by atoms with Crippen molar-refractivity contribution in [1.29, 1.82) is 0 Å². The van der Waals surface area contributed by atoms with E-state index < -0.39 is 0 Å². The van der Waals surface area contributed by atoms with Crippen LogP contribution in [0.25, 0.3) is 0 Å². The Morgan fingerprint density at radius 3 is 2.50 bits per heavy atom. The van der Waals surface area contributed by atoms with Crippen LogP contribution in [0.3, 0.4) is 0 Å². The molecule has 0 amide bonds. The Kier molecular flexibility index (Phi) is 2.04. The van der Waals surface area contributed by atoms with Crippen LogP contribution in [0.1, 0.15) is 0 Å². The third kappa shape index (κ3) is 1.46. The van der Waals surface area contributed by atoms with E-state index in [0.29, 0.717) is 0 Å². The van der Waals surface area contributed by atoms with E-state index in [1.165, 1.54) is 7.11 Å². The maximum Gasteiger partial charge on any atom is 0.292 e. The van der Waals surface area contributed by atoms with Crippen molar-refractivity contribution < 1.29 is 9.84 Å². The summed E-state index contributed by atoms with van der Waals surface area (Å²) in [4.78, 5) is 0. The molecule has 3 nitrogen and oxygen atoms in total. The molecule has 0 aliphatic heterocycles. The van der Waals surface area contributed by atoms with Crippen LogP contribution >= 0.6 is 0 Å². The lowest BCUT2D eigenvalue weighted by atomic mass is 10.9. The second-order valence-corrected chi connectivity index (χ2v) is 0.709. The molecule has 0 aliphatic carbocycles. The fraction of sp³-hybridized carbons (Fsp3) is 0.333. The first-order valence-corrected chi connectivity index (χ1v) is 1.46. The molecule has 0 atom stereocenters. The number of ether oxygens (including phenoxy) is 1. The van der Waals surface area contributed by atoms with Crippen molar-refractivity contribution in [3.8, 4) is 0 Å². The smallest absolute Gasteiger partial charge is 0.292 e. The van der Waals surface area contributed by atoms with E-state index in [4.69, 9.17) is 10.8 Å². The Bertz CT molecular complexity index is 59.8. The Labute approximate surface area is 36.0 Å². The van der Waals surface area contributed by atoms with E-state index in [2.05, 4.69) is 4.74 Å². The zero-order valence-corrected chi connectivity index (χ0v) is 3.51. The monoisotopic (exact) mass is 89.0 g/mol. The molecule has 0 spiro atoms. The summed E-state index contributed by atoms with van der Waals surface area (Å²) in [7, 11) is 1.33. The average molecular weight is 89.1 g/mol. The molecule has 0 bridgehead atoms. The number of rotatable bonds is 1. The summed E-state index contributed by atoms with van der Waals surface area (Å²) in [6.45, 7) is 0. The highest BCUT2D eigenvalue weighted by Gasteiger charge is 1.76. The van der Waals surface area contributed by atoms with E-state index in [0.717, 1.165) is 6.20 Å². The molecule has 36 valence electrons. The number of hydrogen-bond donors (Lipinski definition) is 2. The summed E-state index contributed by atoms with van der Waals surface area (Å²) in [5.41, 5.74) is 4.75. The molecule has 0 saturated carbocycles. The zero-order valence-electron chi connectivity index (χ0n) is 3.51. The second-order valence-electron chi connectivity index (χ2n) is 0.709. The van der Waals surface area contributed by atoms with Gasteiger partial charge in [-0.05, 0) is 0 Å². The molecule has 3 N–H and O–H groups in total. The van der Waals surface area contributed by atoms with Crippen LogP contribution in [0.2, 0.25) is 0 Å². The van der Waals surface area contributed by atoms with Crippen LogP contribution in [0.15, 0.2) is 12.1 Å². The van der Waals surface area contributed by atoms with Gasteiger partial charge in [0.1, 0.15) is 0 Å². The molecular weight excluding hydrogens is 82.0 g/mol. The standard InChI is InChI=1S/C3H7NO2/c1-6-3(5)2-4/h2,5H,4H2,1H3/b3-2+. The first-order chi connectivity index (χ1) is 2.81. The lowest BCUT2D eigenvalue weighted by molar-refractivity contribution is 0.135. The number of aliphatic hydroxyl groups is 1. The van der Waals surface area contributed by atoms with Crippen LogP contribution in [0.5, 0.6) is 0 Å². The maximum atomic E-state index is 8.18. The predicted octanol–water partition coefficient (Wildman–Crippen LogP) is -0.0516. The van der Waals surface area contributed by atoms with Gasteiger partial charge in [0.05, 0.1) is 13.3 Å². The molecule has 0 unspecified atom stereocenters. The van der Waals surface area contributed by atoms with Crippen molar-refractivity contribution in [3.05, 3.63) is 12.1 Å². The Hall–Kier alpha value is -0.860. The van der Waals surface area contributed by atoms with Gasteiger partial charge in [-0.25, -0.2) is 0 Å². The number of nitrogens with two attached hydrogens (primary N) is 1. The molecule has 0 heterocycles. The van der Waals surface area contributed by atoms with E-state index in [9.17, 15) is 0 Å². The van der Waals surface area contributed by atoms with Gasteiger partial charge >= 0.3 is 0 Å². The topological polar surface area (TPSA) is 55.5 Å². The van der Waals surface area contributed by atoms with Gasteiger partial charge in [0, 0.05) is 0 Å². The normalized spacial score (nSPS) is 11.2. The SMILES string of the molecule is CO/C(O)=C/N. The van der Waals surface area contributed by atoms with Crippen LogP contribution in [-0.2, 0) is 4.74 Å². The Balaban J connectivity index is 3.22. The van der Waals surface area contributed by atoms with Crippen molar-refractivity contribution >= 4 is 0 Å². The molecule has 0 aromatic carbocycles. The van der Waals surface area contributed by atoms with Crippen LogP contribution in [0, 0.1) is 0 Å². The lowest BCUT2D eigenvalue weighted by Crippen LogP contribution is -1.88.